The number of hydrogen-bond acceptors (Lipinski definition) is 4. The summed E-state index contributed by atoms with van der Waals surface area (Å²) in [5, 5.41) is 0. The highest BCUT2D eigenvalue weighted by atomic mass is 31.2. The molecule has 0 heterocycles. The maximum absolute atomic E-state index is 12.6. The smallest absolute Gasteiger partial charge is 0.387 e. The van der Waals surface area contributed by atoms with Gasteiger partial charge in [0.05, 0.1) is 18.9 Å². The fraction of sp³-hybridized carbons (Fsp3) is 0.538. The predicted octanol–water partition coefficient (Wildman–Crippen LogP) is 4.62. The van der Waals surface area contributed by atoms with Crippen molar-refractivity contribution in [2.24, 2.45) is 0 Å². The molecule has 114 valence electrons. The zero-order chi connectivity index (χ0) is 15.2. The van der Waals surface area contributed by atoms with E-state index in [1.807, 2.05) is 0 Å². The Balaban J connectivity index is 2.89. The van der Waals surface area contributed by atoms with Crippen molar-refractivity contribution in [3.63, 3.8) is 0 Å². The summed E-state index contributed by atoms with van der Waals surface area (Å²) >= 11 is 0. The molecule has 0 N–H and O–H groups in total. The molecule has 0 aliphatic heterocycles. The van der Waals surface area contributed by atoms with E-state index in [1.54, 1.807) is 32.9 Å². The van der Waals surface area contributed by atoms with Crippen LogP contribution in [0.15, 0.2) is 24.3 Å². The van der Waals surface area contributed by atoms with Gasteiger partial charge < -0.3 is 13.8 Å². The van der Waals surface area contributed by atoms with Gasteiger partial charge in [-0.1, -0.05) is 12.1 Å². The van der Waals surface area contributed by atoms with Crippen molar-refractivity contribution in [1.29, 1.82) is 0 Å². The van der Waals surface area contributed by atoms with Gasteiger partial charge in [-0.25, -0.2) is 0 Å². The average Bonchev–Trinajstić information content (AvgIpc) is 2.38. The van der Waals surface area contributed by atoms with E-state index >= 15 is 0 Å². The van der Waals surface area contributed by atoms with Gasteiger partial charge in [0.1, 0.15) is 5.75 Å². The van der Waals surface area contributed by atoms with Crippen molar-refractivity contribution in [2.45, 2.75) is 33.0 Å². The average molecular weight is 308 g/mol. The minimum absolute atomic E-state index is 0.0543. The van der Waals surface area contributed by atoms with Crippen LogP contribution in [0.5, 0.6) is 5.75 Å². The highest BCUT2D eigenvalue weighted by Gasteiger charge is 2.33. The van der Waals surface area contributed by atoms with E-state index in [2.05, 4.69) is 4.74 Å². The van der Waals surface area contributed by atoms with Gasteiger partial charge in [0, 0.05) is 0 Å². The van der Waals surface area contributed by atoms with E-state index in [0.717, 1.165) is 0 Å². The molecule has 1 atom stereocenters. The summed E-state index contributed by atoms with van der Waals surface area (Å²) in [5.41, 5.74) is 0.194. The molecule has 0 spiro atoms. The molecule has 4 nitrogen and oxygen atoms in total. The summed E-state index contributed by atoms with van der Waals surface area (Å²) in [6.45, 7) is 2.86. The number of benzene rings is 1. The Morgan fingerprint density at radius 3 is 2.00 bits per heavy atom. The molecule has 0 amide bonds. The van der Waals surface area contributed by atoms with E-state index in [-0.39, 0.29) is 19.0 Å². The van der Waals surface area contributed by atoms with Gasteiger partial charge in [-0.05, 0) is 38.5 Å². The van der Waals surface area contributed by atoms with Gasteiger partial charge in [0.2, 0.25) is 0 Å². The summed E-state index contributed by atoms with van der Waals surface area (Å²) in [5.74, 6) is 0.0543. The first-order chi connectivity index (χ1) is 9.42. The molecule has 1 unspecified atom stereocenters. The standard InChI is InChI=1S/C13H19F2O4P/c1-4-17-20(16,18-5-2)10(3)11-6-8-12(9-7-11)19-13(14)15/h6-10,13H,4-5H2,1-3H3. The van der Waals surface area contributed by atoms with Crippen LogP contribution in [-0.4, -0.2) is 19.8 Å². The highest BCUT2D eigenvalue weighted by molar-refractivity contribution is 7.54. The van der Waals surface area contributed by atoms with Gasteiger partial charge in [0.15, 0.2) is 0 Å². The highest BCUT2D eigenvalue weighted by Crippen LogP contribution is 2.60. The van der Waals surface area contributed by atoms with E-state index in [1.165, 1.54) is 12.1 Å². The molecule has 7 heteroatoms. The van der Waals surface area contributed by atoms with Crippen LogP contribution in [0.1, 0.15) is 32.0 Å². The third kappa shape index (κ3) is 4.54. The second-order valence-electron chi connectivity index (χ2n) is 4.00. The third-order valence-corrected chi connectivity index (χ3v) is 5.16. The minimum Gasteiger partial charge on any atom is -0.435 e. The predicted molar refractivity (Wildman–Crippen MR) is 72.3 cm³/mol. The molecule has 0 aliphatic rings. The Morgan fingerprint density at radius 2 is 1.60 bits per heavy atom. The molecular weight excluding hydrogens is 289 g/mol. The lowest BCUT2D eigenvalue weighted by Crippen LogP contribution is -2.05. The first-order valence-corrected chi connectivity index (χ1v) is 7.97. The van der Waals surface area contributed by atoms with E-state index in [9.17, 15) is 13.3 Å². The van der Waals surface area contributed by atoms with Crippen molar-refractivity contribution >= 4 is 7.60 Å². The Kier molecular flexibility index (Phi) is 6.59. The van der Waals surface area contributed by atoms with Gasteiger partial charge in [0.25, 0.3) is 0 Å². The summed E-state index contributed by atoms with van der Waals surface area (Å²) in [6.07, 6.45) is 0. The van der Waals surface area contributed by atoms with Crippen LogP contribution < -0.4 is 4.74 Å². The first kappa shape index (κ1) is 17.1. The Labute approximate surface area is 117 Å². The van der Waals surface area contributed by atoms with Gasteiger partial charge in [-0.2, -0.15) is 8.78 Å². The topological polar surface area (TPSA) is 44.8 Å². The quantitative estimate of drug-likeness (QED) is 0.658. The fourth-order valence-electron chi connectivity index (χ4n) is 1.73. The summed E-state index contributed by atoms with van der Waals surface area (Å²) in [6, 6.07) is 5.96. The van der Waals surface area contributed by atoms with Crippen LogP contribution in [0.4, 0.5) is 8.78 Å². The Bertz CT molecular complexity index is 440. The number of halogens is 2. The lowest BCUT2D eigenvalue weighted by atomic mass is 10.1. The number of hydrogen-bond donors (Lipinski definition) is 0. The Morgan fingerprint density at radius 1 is 1.10 bits per heavy atom. The lowest BCUT2D eigenvalue weighted by molar-refractivity contribution is -0.0498. The van der Waals surface area contributed by atoms with Gasteiger partial charge in [-0.15, -0.1) is 0 Å². The second-order valence-corrected chi connectivity index (χ2v) is 6.37. The SMILES string of the molecule is CCOP(=O)(OCC)C(C)c1ccc(OC(F)F)cc1. The van der Waals surface area contributed by atoms with Crippen molar-refractivity contribution in [2.75, 3.05) is 13.2 Å². The molecule has 0 bridgehead atoms. The number of ether oxygens (including phenoxy) is 1. The van der Waals surface area contributed by atoms with Crippen molar-refractivity contribution in [3.05, 3.63) is 29.8 Å². The normalized spacial score (nSPS) is 13.5. The minimum atomic E-state index is -3.26. The molecule has 1 aromatic carbocycles. The molecule has 1 rings (SSSR count). The monoisotopic (exact) mass is 308 g/mol. The molecule has 0 fully saturated rings. The molecule has 0 saturated carbocycles. The Hall–Kier alpha value is -0.970. The zero-order valence-corrected chi connectivity index (χ0v) is 12.6. The van der Waals surface area contributed by atoms with Crippen LogP contribution in [0, 0.1) is 0 Å². The van der Waals surface area contributed by atoms with Crippen molar-refractivity contribution in [3.8, 4) is 5.75 Å². The summed E-state index contributed by atoms with van der Waals surface area (Å²) in [4.78, 5) is 0. The second kappa shape index (κ2) is 7.72. The van der Waals surface area contributed by atoms with E-state index in [4.69, 9.17) is 9.05 Å². The first-order valence-electron chi connectivity index (χ1n) is 6.36. The molecule has 0 aliphatic carbocycles. The van der Waals surface area contributed by atoms with E-state index in [0.29, 0.717) is 5.56 Å². The number of rotatable bonds is 8. The van der Waals surface area contributed by atoms with Crippen molar-refractivity contribution < 1.29 is 27.1 Å². The number of alkyl halides is 2. The van der Waals surface area contributed by atoms with Crippen LogP contribution >= 0.6 is 7.60 Å². The zero-order valence-electron chi connectivity index (χ0n) is 11.7. The maximum Gasteiger partial charge on any atom is 0.387 e. The van der Waals surface area contributed by atoms with Crippen LogP contribution in [0.2, 0.25) is 0 Å². The third-order valence-electron chi connectivity index (χ3n) is 2.68. The van der Waals surface area contributed by atoms with Crippen LogP contribution in [0.3, 0.4) is 0 Å². The molecule has 0 aromatic heterocycles. The van der Waals surface area contributed by atoms with Gasteiger partial charge in [-0.3, -0.25) is 4.57 Å². The lowest BCUT2D eigenvalue weighted by Gasteiger charge is -2.23. The molecule has 1 aromatic rings. The summed E-state index contributed by atoms with van der Waals surface area (Å²) in [7, 11) is -3.26. The molecule has 0 radical (unpaired) electrons. The van der Waals surface area contributed by atoms with Crippen LogP contribution in [0.25, 0.3) is 0 Å². The molecular formula is C13H19F2O4P. The van der Waals surface area contributed by atoms with Gasteiger partial charge >= 0.3 is 14.2 Å². The van der Waals surface area contributed by atoms with E-state index < -0.39 is 19.9 Å². The van der Waals surface area contributed by atoms with Crippen molar-refractivity contribution in [1.82, 2.24) is 0 Å². The fourth-order valence-corrected chi connectivity index (χ4v) is 3.51. The largest absolute Gasteiger partial charge is 0.435 e. The summed E-state index contributed by atoms with van der Waals surface area (Å²) < 4.78 is 51.5. The van der Waals surface area contributed by atoms with Crippen LogP contribution in [-0.2, 0) is 13.6 Å². The molecule has 0 saturated heterocycles. The molecule has 20 heavy (non-hydrogen) atoms. The maximum atomic E-state index is 12.6.